The van der Waals surface area contributed by atoms with Crippen molar-refractivity contribution in [3.63, 3.8) is 0 Å². The standard InChI is InChI=1S/C19H18F3NO4S/c1-12-5-9-17(28-12)16(25)8-6-14(24)7-10-18(26)23-13-3-2-4-15(11-13)27-19(20,21)22/h2-5,9,11H,6-8,10H2,1H3,(H,23,26). The van der Waals surface area contributed by atoms with Crippen molar-refractivity contribution in [1.29, 1.82) is 0 Å². The Balaban J connectivity index is 1.75. The van der Waals surface area contributed by atoms with E-state index >= 15 is 0 Å². The molecule has 1 aromatic heterocycles. The number of hydrogen-bond acceptors (Lipinski definition) is 5. The molecule has 150 valence electrons. The van der Waals surface area contributed by atoms with Crippen LogP contribution in [-0.4, -0.2) is 23.8 Å². The predicted molar refractivity (Wildman–Crippen MR) is 98.6 cm³/mol. The molecule has 28 heavy (non-hydrogen) atoms. The van der Waals surface area contributed by atoms with E-state index in [-0.39, 0.29) is 42.9 Å². The van der Waals surface area contributed by atoms with Gasteiger partial charge in [-0.25, -0.2) is 0 Å². The molecule has 2 aromatic rings. The fourth-order valence-corrected chi connectivity index (χ4v) is 3.17. The molecular formula is C19H18F3NO4S. The topological polar surface area (TPSA) is 72.5 Å². The van der Waals surface area contributed by atoms with E-state index in [0.29, 0.717) is 4.88 Å². The number of rotatable bonds is 9. The Morgan fingerprint density at radius 3 is 2.39 bits per heavy atom. The summed E-state index contributed by atoms with van der Waals surface area (Å²) in [7, 11) is 0. The van der Waals surface area contributed by atoms with Crippen molar-refractivity contribution in [1.82, 2.24) is 0 Å². The zero-order valence-electron chi connectivity index (χ0n) is 15.0. The number of carbonyl (C=O) groups is 3. The lowest BCUT2D eigenvalue weighted by Gasteiger charge is -2.10. The molecule has 0 spiro atoms. The van der Waals surface area contributed by atoms with Crippen molar-refractivity contribution in [3.8, 4) is 5.75 Å². The van der Waals surface area contributed by atoms with E-state index in [9.17, 15) is 27.6 Å². The summed E-state index contributed by atoms with van der Waals surface area (Å²) in [6, 6.07) is 8.41. The summed E-state index contributed by atoms with van der Waals surface area (Å²) >= 11 is 1.37. The number of hydrogen-bond donors (Lipinski definition) is 1. The van der Waals surface area contributed by atoms with E-state index in [4.69, 9.17) is 0 Å². The summed E-state index contributed by atoms with van der Waals surface area (Å²) in [5, 5.41) is 2.41. The lowest BCUT2D eigenvalue weighted by molar-refractivity contribution is -0.274. The monoisotopic (exact) mass is 413 g/mol. The number of halogens is 3. The third-order valence-corrected chi connectivity index (χ3v) is 4.67. The molecule has 0 saturated carbocycles. The molecule has 0 unspecified atom stereocenters. The third-order valence-electron chi connectivity index (χ3n) is 3.63. The second kappa shape index (κ2) is 9.50. The maximum Gasteiger partial charge on any atom is 0.573 e. The van der Waals surface area contributed by atoms with E-state index < -0.39 is 18.0 Å². The zero-order valence-corrected chi connectivity index (χ0v) is 15.8. The van der Waals surface area contributed by atoms with Gasteiger partial charge in [0.1, 0.15) is 11.5 Å². The first-order valence-electron chi connectivity index (χ1n) is 8.39. The molecule has 1 aromatic carbocycles. The van der Waals surface area contributed by atoms with Crippen LogP contribution >= 0.6 is 11.3 Å². The van der Waals surface area contributed by atoms with Crippen LogP contribution in [0.4, 0.5) is 18.9 Å². The van der Waals surface area contributed by atoms with Gasteiger partial charge < -0.3 is 10.1 Å². The van der Waals surface area contributed by atoms with Crippen LogP contribution < -0.4 is 10.1 Å². The summed E-state index contributed by atoms with van der Waals surface area (Å²) in [5.74, 6) is -1.32. The number of amides is 1. The van der Waals surface area contributed by atoms with Crippen molar-refractivity contribution in [2.75, 3.05) is 5.32 Å². The largest absolute Gasteiger partial charge is 0.573 e. The van der Waals surface area contributed by atoms with Gasteiger partial charge in [0.2, 0.25) is 5.91 Å². The molecule has 0 fully saturated rings. The van der Waals surface area contributed by atoms with Gasteiger partial charge in [0.05, 0.1) is 4.88 Å². The molecule has 0 aliphatic heterocycles. The molecule has 1 amide bonds. The van der Waals surface area contributed by atoms with E-state index in [1.165, 1.54) is 23.5 Å². The Morgan fingerprint density at radius 2 is 1.75 bits per heavy atom. The van der Waals surface area contributed by atoms with Crippen LogP contribution in [0.2, 0.25) is 0 Å². The van der Waals surface area contributed by atoms with Crippen LogP contribution in [0.25, 0.3) is 0 Å². The number of nitrogens with one attached hydrogen (secondary N) is 1. The van der Waals surface area contributed by atoms with Crippen LogP contribution in [0.5, 0.6) is 5.75 Å². The highest BCUT2D eigenvalue weighted by Gasteiger charge is 2.31. The highest BCUT2D eigenvalue weighted by Crippen LogP contribution is 2.25. The number of ketones is 2. The molecule has 0 bridgehead atoms. The van der Waals surface area contributed by atoms with Crippen molar-refractivity contribution < 1.29 is 32.3 Å². The number of carbonyl (C=O) groups excluding carboxylic acids is 3. The van der Waals surface area contributed by atoms with Gasteiger partial charge in [-0.15, -0.1) is 24.5 Å². The Morgan fingerprint density at radius 1 is 1.04 bits per heavy atom. The highest BCUT2D eigenvalue weighted by molar-refractivity contribution is 7.14. The molecule has 2 rings (SSSR count). The quantitative estimate of drug-likeness (QED) is 0.593. The van der Waals surface area contributed by atoms with Gasteiger partial charge in [-0.2, -0.15) is 0 Å². The normalized spacial score (nSPS) is 11.1. The second-order valence-corrected chi connectivity index (χ2v) is 7.28. The zero-order chi connectivity index (χ0) is 20.7. The van der Waals surface area contributed by atoms with Crippen molar-refractivity contribution in [2.45, 2.75) is 39.0 Å². The number of alkyl halides is 3. The van der Waals surface area contributed by atoms with Crippen LogP contribution in [0.15, 0.2) is 36.4 Å². The van der Waals surface area contributed by atoms with Crippen molar-refractivity contribution in [2.24, 2.45) is 0 Å². The minimum atomic E-state index is -4.83. The number of ether oxygens (including phenoxy) is 1. The molecule has 0 saturated heterocycles. The molecule has 9 heteroatoms. The fraction of sp³-hybridized carbons (Fsp3) is 0.316. The summed E-state index contributed by atoms with van der Waals surface area (Å²) in [5.41, 5.74) is 0.127. The third kappa shape index (κ3) is 7.51. The molecule has 0 atom stereocenters. The summed E-state index contributed by atoms with van der Waals surface area (Å²) in [4.78, 5) is 37.3. The average molecular weight is 413 g/mol. The molecule has 0 aliphatic carbocycles. The van der Waals surface area contributed by atoms with E-state index in [1.807, 2.05) is 13.0 Å². The number of thiophene rings is 1. The molecule has 0 aliphatic rings. The smallest absolute Gasteiger partial charge is 0.406 e. The van der Waals surface area contributed by atoms with Crippen LogP contribution in [0.3, 0.4) is 0 Å². The van der Waals surface area contributed by atoms with Crippen molar-refractivity contribution in [3.05, 3.63) is 46.2 Å². The molecule has 5 nitrogen and oxygen atoms in total. The number of anilines is 1. The van der Waals surface area contributed by atoms with Crippen LogP contribution in [0.1, 0.15) is 40.2 Å². The first kappa shape index (κ1) is 21.6. The minimum absolute atomic E-state index is 0.0397. The molecule has 1 N–H and O–H groups in total. The Labute approximate surface area is 163 Å². The number of aryl methyl sites for hydroxylation is 1. The fourth-order valence-electron chi connectivity index (χ4n) is 2.33. The lowest BCUT2D eigenvalue weighted by atomic mass is 10.1. The minimum Gasteiger partial charge on any atom is -0.406 e. The van der Waals surface area contributed by atoms with Gasteiger partial charge in [-0.05, 0) is 31.2 Å². The maximum absolute atomic E-state index is 12.2. The van der Waals surface area contributed by atoms with Gasteiger partial charge >= 0.3 is 6.36 Å². The Kier molecular flexibility index (Phi) is 7.33. The van der Waals surface area contributed by atoms with E-state index in [0.717, 1.165) is 17.0 Å². The Bertz CT molecular complexity index is 861. The number of benzene rings is 1. The van der Waals surface area contributed by atoms with Gasteiger partial charge in [0.15, 0.2) is 5.78 Å². The summed E-state index contributed by atoms with van der Waals surface area (Å²) in [6.07, 6.45) is -4.89. The van der Waals surface area contributed by atoms with E-state index in [2.05, 4.69) is 10.1 Å². The predicted octanol–water partition coefficient (Wildman–Crippen LogP) is 4.91. The van der Waals surface area contributed by atoms with Gasteiger partial charge in [-0.1, -0.05) is 6.07 Å². The first-order chi connectivity index (χ1) is 13.1. The lowest BCUT2D eigenvalue weighted by Crippen LogP contribution is -2.17. The molecule has 1 heterocycles. The molecule has 0 radical (unpaired) electrons. The van der Waals surface area contributed by atoms with Gasteiger partial charge in [-0.3, -0.25) is 14.4 Å². The van der Waals surface area contributed by atoms with Crippen LogP contribution in [-0.2, 0) is 9.59 Å². The average Bonchev–Trinajstić information content (AvgIpc) is 3.03. The van der Waals surface area contributed by atoms with E-state index in [1.54, 1.807) is 6.07 Å². The summed E-state index contributed by atoms with van der Waals surface area (Å²) < 4.78 is 40.4. The number of Topliss-reactive ketones (excluding diaryl/α,β-unsaturated/α-hetero) is 2. The van der Waals surface area contributed by atoms with Crippen molar-refractivity contribution >= 4 is 34.5 Å². The second-order valence-electron chi connectivity index (χ2n) is 6.00. The van der Waals surface area contributed by atoms with Crippen LogP contribution in [0, 0.1) is 6.92 Å². The van der Waals surface area contributed by atoms with Gasteiger partial charge in [0, 0.05) is 42.3 Å². The maximum atomic E-state index is 12.2. The van der Waals surface area contributed by atoms with Gasteiger partial charge in [0.25, 0.3) is 0 Å². The Hall–Kier alpha value is -2.68. The first-order valence-corrected chi connectivity index (χ1v) is 9.21. The molecular weight excluding hydrogens is 395 g/mol. The summed E-state index contributed by atoms with van der Waals surface area (Å²) in [6.45, 7) is 1.89. The highest BCUT2D eigenvalue weighted by atomic mass is 32.1. The SMILES string of the molecule is Cc1ccc(C(=O)CCC(=O)CCC(=O)Nc2cccc(OC(F)(F)F)c2)s1.